The maximum atomic E-state index is 3.39. The summed E-state index contributed by atoms with van der Waals surface area (Å²) in [5, 5.41) is 3.39. The van der Waals surface area contributed by atoms with Crippen molar-refractivity contribution in [3.63, 3.8) is 0 Å². The Hall–Kier alpha value is -1.02. The Bertz CT molecular complexity index is 387. The van der Waals surface area contributed by atoms with Crippen LogP contribution in [0.15, 0.2) is 18.2 Å². The first-order chi connectivity index (χ1) is 8.72. The molecule has 18 heavy (non-hydrogen) atoms. The number of hydrogen-bond acceptors (Lipinski definition) is 2. The lowest BCUT2D eigenvalue weighted by Crippen LogP contribution is -2.37. The molecule has 2 nitrogen and oxygen atoms in total. The van der Waals surface area contributed by atoms with Gasteiger partial charge in [-0.05, 0) is 56.8 Å². The van der Waals surface area contributed by atoms with E-state index in [-0.39, 0.29) is 0 Å². The summed E-state index contributed by atoms with van der Waals surface area (Å²) in [5.41, 5.74) is 4.24. The van der Waals surface area contributed by atoms with Crippen molar-refractivity contribution in [2.24, 2.45) is 0 Å². The fourth-order valence-electron chi connectivity index (χ4n) is 2.88. The van der Waals surface area contributed by atoms with E-state index in [0.29, 0.717) is 6.04 Å². The van der Waals surface area contributed by atoms with Crippen LogP contribution < -0.4 is 10.2 Å². The summed E-state index contributed by atoms with van der Waals surface area (Å²) in [7, 11) is 0. The van der Waals surface area contributed by atoms with Crippen LogP contribution in [0.3, 0.4) is 0 Å². The molecule has 1 heterocycles. The first kappa shape index (κ1) is 13.4. The highest BCUT2D eigenvalue weighted by molar-refractivity contribution is 5.55. The van der Waals surface area contributed by atoms with Gasteiger partial charge in [0.2, 0.25) is 0 Å². The molecule has 1 N–H and O–H groups in total. The van der Waals surface area contributed by atoms with Crippen LogP contribution in [0.2, 0.25) is 0 Å². The minimum absolute atomic E-state index is 0.692. The van der Waals surface area contributed by atoms with Gasteiger partial charge < -0.3 is 10.2 Å². The molecule has 1 aliphatic heterocycles. The highest BCUT2D eigenvalue weighted by atomic mass is 15.2. The second kappa shape index (κ2) is 6.24. The molecule has 0 radical (unpaired) electrons. The van der Waals surface area contributed by atoms with E-state index in [0.717, 1.165) is 13.1 Å². The van der Waals surface area contributed by atoms with Crippen molar-refractivity contribution in [1.29, 1.82) is 0 Å². The third-order valence-corrected chi connectivity index (χ3v) is 3.95. The molecule has 2 heteroatoms. The quantitative estimate of drug-likeness (QED) is 0.875. The minimum Gasteiger partial charge on any atom is -0.369 e. The third-order valence-electron chi connectivity index (χ3n) is 3.95. The van der Waals surface area contributed by atoms with Crippen LogP contribution in [0.5, 0.6) is 0 Å². The molecule has 0 bridgehead atoms. The smallest absolute Gasteiger partial charge is 0.0398 e. The molecule has 1 unspecified atom stereocenters. The molecule has 0 amide bonds. The van der Waals surface area contributed by atoms with E-state index < -0.39 is 0 Å². The Morgan fingerprint density at radius 2 is 2.17 bits per heavy atom. The zero-order valence-electron chi connectivity index (χ0n) is 12.0. The lowest BCUT2D eigenvalue weighted by Gasteiger charge is -2.36. The van der Waals surface area contributed by atoms with Crippen molar-refractivity contribution in [3.8, 4) is 0 Å². The summed E-state index contributed by atoms with van der Waals surface area (Å²) < 4.78 is 0. The van der Waals surface area contributed by atoms with Gasteiger partial charge in [-0.15, -0.1) is 0 Å². The summed E-state index contributed by atoms with van der Waals surface area (Å²) in [6, 6.07) is 7.60. The summed E-state index contributed by atoms with van der Waals surface area (Å²) in [6.45, 7) is 9.97. The molecule has 100 valence electrons. The van der Waals surface area contributed by atoms with E-state index in [1.54, 1.807) is 0 Å². The Balaban J connectivity index is 2.13. The Morgan fingerprint density at radius 3 is 2.83 bits per heavy atom. The summed E-state index contributed by atoms with van der Waals surface area (Å²) in [6.07, 6.45) is 4.05. The summed E-state index contributed by atoms with van der Waals surface area (Å²) >= 11 is 0. The number of nitrogens with zero attached hydrogens (tertiary/aromatic N) is 1. The van der Waals surface area contributed by atoms with E-state index >= 15 is 0 Å². The molecular weight excluding hydrogens is 220 g/mol. The first-order valence-electron chi connectivity index (χ1n) is 7.29. The molecule has 1 saturated heterocycles. The van der Waals surface area contributed by atoms with Crippen LogP contribution in [0, 0.1) is 6.92 Å². The first-order valence-corrected chi connectivity index (χ1v) is 7.29. The van der Waals surface area contributed by atoms with Gasteiger partial charge in [0.1, 0.15) is 0 Å². The van der Waals surface area contributed by atoms with Gasteiger partial charge in [-0.1, -0.05) is 19.1 Å². The van der Waals surface area contributed by atoms with Crippen molar-refractivity contribution < 1.29 is 0 Å². The van der Waals surface area contributed by atoms with E-state index in [1.165, 1.54) is 42.6 Å². The largest absolute Gasteiger partial charge is 0.369 e. The molecule has 2 rings (SSSR count). The van der Waals surface area contributed by atoms with Crippen molar-refractivity contribution in [2.75, 3.05) is 18.0 Å². The molecule has 0 aromatic heterocycles. The topological polar surface area (TPSA) is 15.3 Å². The SMILES string of the molecule is CCNCc1ccc(N2CCCCC2C)c(C)c1. The zero-order valence-corrected chi connectivity index (χ0v) is 12.0. The van der Waals surface area contributed by atoms with Crippen molar-refractivity contribution in [2.45, 2.75) is 52.6 Å². The standard InChI is InChI=1S/C16H26N2/c1-4-17-12-15-8-9-16(13(2)11-15)18-10-6-5-7-14(18)3/h8-9,11,14,17H,4-7,10,12H2,1-3H3. The number of piperidine rings is 1. The Kier molecular flexibility index (Phi) is 4.65. The van der Waals surface area contributed by atoms with Crippen LogP contribution in [0.25, 0.3) is 0 Å². The van der Waals surface area contributed by atoms with E-state index in [4.69, 9.17) is 0 Å². The average Bonchev–Trinajstić information content (AvgIpc) is 2.38. The number of benzene rings is 1. The molecule has 1 aromatic carbocycles. The van der Waals surface area contributed by atoms with Gasteiger partial charge in [0, 0.05) is 24.8 Å². The fourth-order valence-corrected chi connectivity index (χ4v) is 2.88. The van der Waals surface area contributed by atoms with Crippen LogP contribution in [0.4, 0.5) is 5.69 Å². The van der Waals surface area contributed by atoms with E-state index in [1.807, 2.05) is 0 Å². The number of hydrogen-bond donors (Lipinski definition) is 1. The number of nitrogens with one attached hydrogen (secondary N) is 1. The second-order valence-electron chi connectivity index (χ2n) is 5.44. The lowest BCUT2D eigenvalue weighted by atomic mass is 10.0. The molecule has 1 aromatic rings. The number of anilines is 1. The zero-order chi connectivity index (χ0) is 13.0. The maximum absolute atomic E-state index is 3.39. The van der Waals surface area contributed by atoms with Crippen molar-refractivity contribution in [1.82, 2.24) is 5.32 Å². The van der Waals surface area contributed by atoms with Gasteiger partial charge in [-0.2, -0.15) is 0 Å². The molecule has 0 aliphatic carbocycles. The van der Waals surface area contributed by atoms with Gasteiger partial charge in [0.15, 0.2) is 0 Å². The molecule has 0 saturated carbocycles. The van der Waals surface area contributed by atoms with Crippen LogP contribution in [-0.4, -0.2) is 19.1 Å². The normalized spacial score (nSPS) is 20.2. The Morgan fingerprint density at radius 1 is 1.33 bits per heavy atom. The van der Waals surface area contributed by atoms with Gasteiger partial charge in [0.05, 0.1) is 0 Å². The maximum Gasteiger partial charge on any atom is 0.0398 e. The van der Waals surface area contributed by atoms with E-state index in [2.05, 4.69) is 49.2 Å². The molecule has 1 aliphatic rings. The Labute approximate surface area is 111 Å². The molecular formula is C16H26N2. The minimum atomic E-state index is 0.692. The molecule has 1 atom stereocenters. The van der Waals surface area contributed by atoms with Gasteiger partial charge in [0.25, 0.3) is 0 Å². The van der Waals surface area contributed by atoms with Gasteiger partial charge in [-0.3, -0.25) is 0 Å². The highest BCUT2D eigenvalue weighted by Gasteiger charge is 2.19. The van der Waals surface area contributed by atoms with Crippen LogP contribution in [-0.2, 0) is 6.54 Å². The predicted octanol–water partition coefficient (Wildman–Crippen LogP) is 3.48. The van der Waals surface area contributed by atoms with Crippen LogP contribution in [0.1, 0.15) is 44.2 Å². The number of aryl methyl sites for hydroxylation is 1. The van der Waals surface area contributed by atoms with Crippen LogP contribution >= 0.6 is 0 Å². The average molecular weight is 246 g/mol. The summed E-state index contributed by atoms with van der Waals surface area (Å²) in [5.74, 6) is 0. The predicted molar refractivity (Wildman–Crippen MR) is 79.2 cm³/mol. The molecule has 1 fully saturated rings. The second-order valence-corrected chi connectivity index (χ2v) is 5.44. The van der Waals surface area contributed by atoms with Gasteiger partial charge in [-0.25, -0.2) is 0 Å². The van der Waals surface area contributed by atoms with Crippen molar-refractivity contribution in [3.05, 3.63) is 29.3 Å². The van der Waals surface area contributed by atoms with Crippen molar-refractivity contribution >= 4 is 5.69 Å². The summed E-state index contributed by atoms with van der Waals surface area (Å²) in [4.78, 5) is 2.58. The molecule has 0 spiro atoms. The van der Waals surface area contributed by atoms with Gasteiger partial charge >= 0.3 is 0 Å². The fraction of sp³-hybridized carbons (Fsp3) is 0.625. The van der Waals surface area contributed by atoms with E-state index in [9.17, 15) is 0 Å². The monoisotopic (exact) mass is 246 g/mol. The third kappa shape index (κ3) is 3.05. The highest BCUT2D eigenvalue weighted by Crippen LogP contribution is 2.28. The lowest BCUT2D eigenvalue weighted by molar-refractivity contribution is 0.484. The number of rotatable bonds is 4.